The highest BCUT2D eigenvalue weighted by Crippen LogP contribution is 2.38. The molecule has 0 aliphatic carbocycles. The van der Waals surface area contributed by atoms with Gasteiger partial charge in [0, 0.05) is 36.7 Å². The van der Waals surface area contributed by atoms with Crippen LogP contribution in [0.25, 0.3) is 0 Å². The summed E-state index contributed by atoms with van der Waals surface area (Å²) in [6.07, 6.45) is 1.30. The predicted octanol–water partition coefficient (Wildman–Crippen LogP) is 5.19. The van der Waals surface area contributed by atoms with E-state index in [1.807, 2.05) is 34.5 Å². The average molecular weight is 501 g/mol. The van der Waals surface area contributed by atoms with Crippen molar-refractivity contribution in [3.63, 3.8) is 0 Å². The first kappa shape index (κ1) is 24.4. The van der Waals surface area contributed by atoms with Crippen LogP contribution < -0.4 is 0 Å². The Morgan fingerprint density at radius 1 is 1.18 bits per heavy atom. The molecular weight excluding hydrogens is 475 g/mol. The van der Waals surface area contributed by atoms with Crippen LogP contribution in [0.2, 0.25) is 5.02 Å². The molecule has 0 saturated carbocycles. The molecule has 0 radical (unpaired) electrons. The number of nitrogens with zero attached hydrogens (tertiary/aromatic N) is 2. The number of hydrogen-bond donors (Lipinski definition) is 0. The fraction of sp³-hybridized carbons (Fsp3) is 0.308. The lowest BCUT2D eigenvalue weighted by Gasteiger charge is -2.37. The lowest BCUT2D eigenvalue weighted by Crippen LogP contribution is -2.47. The van der Waals surface area contributed by atoms with Crippen molar-refractivity contribution in [2.45, 2.75) is 18.9 Å². The van der Waals surface area contributed by atoms with Crippen LogP contribution in [0.5, 0.6) is 0 Å². The van der Waals surface area contributed by atoms with Crippen LogP contribution in [-0.4, -0.2) is 55.0 Å². The summed E-state index contributed by atoms with van der Waals surface area (Å²) in [6, 6.07) is 15.1. The molecule has 34 heavy (non-hydrogen) atoms. The number of ether oxygens (including phenoxy) is 1. The van der Waals surface area contributed by atoms with Crippen molar-refractivity contribution in [1.82, 2.24) is 9.80 Å². The van der Waals surface area contributed by atoms with E-state index >= 15 is 0 Å². The first-order valence-corrected chi connectivity index (χ1v) is 12.4. The van der Waals surface area contributed by atoms with E-state index < -0.39 is 11.7 Å². The normalized spacial score (nSPS) is 15.1. The maximum Gasteiger partial charge on any atom is 0.257 e. The van der Waals surface area contributed by atoms with Crippen LogP contribution in [-0.2, 0) is 16.0 Å². The molecule has 8 heteroatoms. The van der Waals surface area contributed by atoms with Crippen LogP contribution >= 0.6 is 22.9 Å². The van der Waals surface area contributed by atoms with Gasteiger partial charge in [0.15, 0.2) is 0 Å². The Bertz CT molecular complexity index is 1150. The number of thiophene rings is 1. The molecule has 1 atom stereocenters. The fourth-order valence-electron chi connectivity index (χ4n) is 4.30. The molecule has 1 unspecified atom stereocenters. The summed E-state index contributed by atoms with van der Waals surface area (Å²) in [5.74, 6) is -1.28. The van der Waals surface area contributed by atoms with Crippen LogP contribution in [0.3, 0.4) is 0 Å². The molecule has 4 rings (SSSR count). The van der Waals surface area contributed by atoms with E-state index in [2.05, 4.69) is 6.07 Å². The van der Waals surface area contributed by atoms with Gasteiger partial charge in [0.1, 0.15) is 12.4 Å². The zero-order chi connectivity index (χ0) is 24.1. The molecule has 2 aromatic carbocycles. The average Bonchev–Trinajstić information content (AvgIpc) is 3.32. The number of benzene rings is 2. The van der Waals surface area contributed by atoms with Gasteiger partial charge in [0.25, 0.3) is 5.91 Å². The molecule has 3 aromatic rings. The van der Waals surface area contributed by atoms with Crippen molar-refractivity contribution in [2.75, 3.05) is 33.4 Å². The van der Waals surface area contributed by atoms with E-state index in [9.17, 15) is 14.0 Å². The molecule has 0 bridgehead atoms. The summed E-state index contributed by atoms with van der Waals surface area (Å²) in [5.41, 5.74) is 2.02. The minimum Gasteiger partial charge on any atom is -0.385 e. The highest BCUT2D eigenvalue weighted by molar-refractivity contribution is 7.10. The molecule has 178 valence electrons. The van der Waals surface area contributed by atoms with Crippen molar-refractivity contribution in [3.8, 4) is 0 Å². The van der Waals surface area contributed by atoms with Gasteiger partial charge >= 0.3 is 0 Å². The first-order valence-electron chi connectivity index (χ1n) is 11.1. The van der Waals surface area contributed by atoms with Gasteiger partial charge in [-0.3, -0.25) is 9.59 Å². The zero-order valence-electron chi connectivity index (χ0n) is 18.9. The highest BCUT2D eigenvalue weighted by atomic mass is 35.5. The Morgan fingerprint density at radius 3 is 2.68 bits per heavy atom. The number of fused-ring (bicyclic) bond motifs is 1. The standard InChI is InChI=1S/C26H26ClFN2O3S/c1-33-15-4-13-29(26(32)20-5-2-3-6-22(20)28)17-24(31)30-14-11-23-21(12-16-34-23)25(30)18-7-9-19(27)10-8-18/h2-3,5-10,12,16,25H,4,11,13-15,17H2,1H3. The zero-order valence-corrected chi connectivity index (χ0v) is 20.4. The molecule has 0 N–H and O–H groups in total. The molecule has 0 spiro atoms. The second kappa shape index (κ2) is 11.1. The Kier molecular flexibility index (Phi) is 7.98. The van der Waals surface area contributed by atoms with Gasteiger partial charge in [-0.25, -0.2) is 4.39 Å². The maximum absolute atomic E-state index is 14.3. The Labute approximate surface area is 207 Å². The van der Waals surface area contributed by atoms with Crippen molar-refractivity contribution in [2.24, 2.45) is 0 Å². The second-order valence-corrected chi connectivity index (χ2v) is 9.58. The van der Waals surface area contributed by atoms with Crippen LogP contribution in [0.1, 0.15) is 38.8 Å². The third-order valence-corrected chi connectivity index (χ3v) is 7.21. The number of halogens is 2. The summed E-state index contributed by atoms with van der Waals surface area (Å²) in [7, 11) is 1.58. The predicted molar refractivity (Wildman–Crippen MR) is 132 cm³/mol. The minimum absolute atomic E-state index is 0.0410. The van der Waals surface area contributed by atoms with Gasteiger partial charge in [0.05, 0.1) is 11.6 Å². The maximum atomic E-state index is 14.3. The van der Waals surface area contributed by atoms with Gasteiger partial charge in [-0.2, -0.15) is 0 Å². The van der Waals surface area contributed by atoms with E-state index in [0.29, 0.717) is 24.6 Å². The lowest BCUT2D eigenvalue weighted by molar-refractivity contribution is -0.134. The summed E-state index contributed by atoms with van der Waals surface area (Å²) in [6.45, 7) is 1.13. The van der Waals surface area contributed by atoms with Gasteiger partial charge in [-0.1, -0.05) is 35.9 Å². The Morgan fingerprint density at radius 2 is 1.94 bits per heavy atom. The van der Waals surface area contributed by atoms with E-state index in [1.54, 1.807) is 24.5 Å². The van der Waals surface area contributed by atoms with Crippen molar-refractivity contribution in [3.05, 3.63) is 92.4 Å². The Balaban J connectivity index is 1.61. The third-order valence-electron chi connectivity index (χ3n) is 5.97. The van der Waals surface area contributed by atoms with Crippen molar-refractivity contribution in [1.29, 1.82) is 0 Å². The SMILES string of the molecule is COCCCN(CC(=O)N1CCc2sccc2C1c1ccc(Cl)cc1)C(=O)c1ccccc1F. The molecule has 5 nitrogen and oxygen atoms in total. The molecule has 2 amide bonds. The first-order chi connectivity index (χ1) is 16.5. The van der Waals surface area contributed by atoms with Crippen molar-refractivity contribution < 1.29 is 18.7 Å². The third kappa shape index (κ3) is 5.32. The quantitative estimate of drug-likeness (QED) is 0.400. The number of rotatable bonds is 8. The summed E-state index contributed by atoms with van der Waals surface area (Å²) in [5, 5.41) is 2.67. The van der Waals surface area contributed by atoms with Crippen molar-refractivity contribution >= 4 is 34.8 Å². The number of carbonyl (C=O) groups is 2. The van der Waals surface area contributed by atoms with E-state index in [-0.39, 0.29) is 30.6 Å². The summed E-state index contributed by atoms with van der Waals surface area (Å²) in [4.78, 5) is 31.3. The largest absolute Gasteiger partial charge is 0.385 e. The van der Waals surface area contributed by atoms with Crippen LogP contribution in [0, 0.1) is 5.82 Å². The minimum atomic E-state index is -0.600. The number of methoxy groups -OCH3 is 1. The van der Waals surface area contributed by atoms with Gasteiger partial charge in [-0.15, -0.1) is 11.3 Å². The summed E-state index contributed by atoms with van der Waals surface area (Å²) < 4.78 is 19.5. The van der Waals surface area contributed by atoms with Gasteiger partial charge in [-0.05, 0) is 59.7 Å². The fourth-order valence-corrected chi connectivity index (χ4v) is 5.33. The summed E-state index contributed by atoms with van der Waals surface area (Å²) >= 11 is 7.79. The molecule has 0 saturated heterocycles. The molecule has 0 fully saturated rings. The molecule has 1 aliphatic rings. The molecule has 1 aliphatic heterocycles. The smallest absolute Gasteiger partial charge is 0.257 e. The number of amides is 2. The number of carbonyl (C=O) groups excluding carboxylic acids is 2. The molecule has 2 heterocycles. The van der Waals surface area contributed by atoms with E-state index in [1.165, 1.54) is 28.0 Å². The van der Waals surface area contributed by atoms with Gasteiger partial charge in [0.2, 0.25) is 5.91 Å². The lowest BCUT2D eigenvalue weighted by atomic mass is 9.93. The van der Waals surface area contributed by atoms with E-state index in [0.717, 1.165) is 17.5 Å². The monoisotopic (exact) mass is 500 g/mol. The van der Waals surface area contributed by atoms with Crippen LogP contribution in [0.4, 0.5) is 4.39 Å². The molecular formula is C26H26ClFN2O3S. The second-order valence-electron chi connectivity index (χ2n) is 8.14. The van der Waals surface area contributed by atoms with Gasteiger partial charge < -0.3 is 14.5 Å². The highest BCUT2D eigenvalue weighted by Gasteiger charge is 2.34. The molecule has 1 aromatic heterocycles. The number of hydrogen-bond acceptors (Lipinski definition) is 4. The van der Waals surface area contributed by atoms with E-state index in [4.69, 9.17) is 16.3 Å². The Hall–Kier alpha value is -2.74. The topological polar surface area (TPSA) is 49.9 Å². The van der Waals surface area contributed by atoms with Crippen LogP contribution in [0.15, 0.2) is 60.0 Å².